The maximum atomic E-state index is 5.78. The van der Waals surface area contributed by atoms with Gasteiger partial charge in [-0.1, -0.05) is 13.0 Å². The molecule has 1 atom stereocenters. The summed E-state index contributed by atoms with van der Waals surface area (Å²) in [4.78, 5) is 2.43. The Balaban J connectivity index is 1.99. The maximum Gasteiger partial charge on any atom is 0.123 e. The summed E-state index contributed by atoms with van der Waals surface area (Å²) in [6.07, 6.45) is 2.79. The van der Waals surface area contributed by atoms with Crippen molar-refractivity contribution in [2.45, 2.75) is 39.0 Å². The topological polar surface area (TPSA) is 47.7 Å². The third-order valence-electron chi connectivity index (χ3n) is 3.90. The van der Waals surface area contributed by atoms with Crippen LogP contribution in [0.3, 0.4) is 0 Å². The number of rotatable bonds is 7. The third kappa shape index (κ3) is 3.95. The van der Waals surface area contributed by atoms with Gasteiger partial charge in [-0.2, -0.15) is 0 Å². The van der Waals surface area contributed by atoms with Crippen LogP contribution in [0.25, 0.3) is 0 Å². The minimum absolute atomic E-state index is 0.405. The Morgan fingerprint density at radius 3 is 2.90 bits per heavy atom. The monoisotopic (exact) mass is 278 g/mol. The normalized spacial score (nSPS) is 18.7. The van der Waals surface area contributed by atoms with Crippen LogP contribution in [0.4, 0.5) is 0 Å². The average molecular weight is 278 g/mol. The summed E-state index contributed by atoms with van der Waals surface area (Å²) in [5.41, 5.74) is 8.13. The van der Waals surface area contributed by atoms with Gasteiger partial charge in [-0.15, -0.1) is 0 Å². The van der Waals surface area contributed by atoms with Gasteiger partial charge in [-0.3, -0.25) is 4.90 Å². The number of nitrogens with two attached hydrogens (primary N) is 1. The highest BCUT2D eigenvalue weighted by atomic mass is 16.5. The molecule has 0 saturated carbocycles. The largest absolute Gasteiger partial charge is 0.496 e. The second-order valence-corrected chi connectivity index (χ2v) is 5.31. The van der Waals surface area contributed by atoms with Crippen molar-refractivity contribution in [1.82, 2.24) is 4.90 Å². The molecule has 2 rings (SSSR count). The minimum Gasteiger partial charge on any atom is -0.496 e. The molecular formula is C16H26N2O2. The van der Waals surface area contributed by atoms with Crippen LogP contribution in [0.2, 0.25) is 0 Å². The van der Waals surface area contributed by atoms with Gasteiger partial charge in [0.05, 0.1) is 13.2 Å². The van der Waals surface area contributed by atoms with Crippen LogP contribution in [0.5, 0.6) is 5.75 Å². The molecule has 1 unspecified atom stereocenters. The molecule has 1 fully saturated rings. The number of benzene rings is 1. The molecule has 4 heteroatoms. The molecule has 0 aromatic heterocycles. The standard InChI is InChI=1S/C16H26N2O2/c1-3-18(12-15-5-4-8-20-15)11-13-6-7-16(19-2)14(9-13)10-17/h6-7,9,15H,3-5,8,10-12,17H2,1-2H3. The van der Waals surface area contributed by atoms with E-state index >= 15 is 0 Å². The molecule has 0 aliphatic carbocycles. The van der Waals surface area contributed by atoms with Crippen molar-refractivity contribution in [3.8, 4) is 5.75 Å². The van der Waals surface area contributed by atoms with E-state index in [9.17, 15) is 0 Å². The molecule has 4 nitrogen and oxygen atoms in total. The Labute approximate surface area is 121 Å². The number of hydrogen-bond donors (Lipinski definition) is 1. The lowest BCUT2D eigenvalue weighted by atomic mass is 10.1. The van der Waals surface area contributed by atoms with Crippen LogP contribution < -0.4 is 10.5 Å². The molecule has 20 heavy (non-hydrogen) atoms. The Kier molecular flexibility index (Phi) is 5.83. The van der Waals surface area contributed by atoms with Crippen LogP contribution in [0.1, 0.15) is 30.9 Å². The molecule has 1 aromatic rings. The first-order valence-electron chi connectivity index (χ1n) is 7.46. The first-order chi connectivity index (χ1) is 9.76. The van der Waals surface area contributed by atoms with E-state index in [-0.39, 0.29) is 0 Å². The summed E-state index contributed by atoms with van der Waals surface area (Å²) in [7, 11) is 1.68. The van der Waals surface area contributed by atoms with Crippen LogP contribution in [-0.4, -0.2) is 37.8 Å². The zero-order valence-corrected chi connectivity index (χ0v) is 12.6. The number of ether oxygens (including phenoxy) is 2. The lowest BCUT2D eigenvalue weighted by Gasteiger charge is -2.24. The van der Waals surface area contributed by atoms with Crippen LogP contribution in [0, 0.1) is 0 Å². The van der Waals surface area contributed by atoms with Gasteiger partial charge in [0.15, 0.2) is 0 Å². The van der Waals surface area contributed by atoms with E-state index in [1.165, 1.54) is 18.4 Å². The van der Waals surface area contributed by atoms with Gasteiger partial charge in [-0.05, 0) is 37.1 Å². The van der Waals surface area contributed by atoms with Crippen molar-refractivity contribution in [2.24, 2.45) is 5.73 Å². The van der Waals surface area contributed by atoms with Gasteiger partial charge in [0.1, 0.15) is 5.75 Å². The number of methoxy groups -OCH3 is 1. The van der Waals surface area contributed by atoms with E-state index in [1.54, 1.807) is 7.11 Å². The van der Waals surface area contributed by atoms with Gasteiger partial charge < -0.3 is 15.2 Å². The Bertz CT molecular complexity index is 417. The number of nitrogens with zero attached hydrogens (tertiary/aromatic N) is 1. The fourth-order valence-electron chi connectivity index (χ4n) is 2.73. The molecule has 0 spiro atoms. The summed E-state index contributed by atoms with van der Waals surface area (Å²) in [6, 6.07) is 6.28. The van der Waals surface area contributed by atoms with Gasteiger partial charge in [0.2, 0.25) is 0 Å². The van der Waals surface area contributed by atoms with Crippen LogP contribution in [0.15, 0.2) is 18.2 Å². The highest BCUT2D eigenvalue weighted by Gasteiger charge is 2.18. The van der Waals surface area contributed by atoms with Crippen molar-refractivity contribution in [3.63, 3.8) is 0 Å². The van der Waals surface area contributed by atoms with E-state index in [4.69, 9.17) is 15.2 Å². The van der Waals surface area contributed by atoms with Crippen molar-refractivity contribution in [3.05, 3.63) is 29.3 Å². The second-order valence-electron chi connectivity index (χ2n) is 5.31. The predicted molar refractivity (Wildman–Crippen MR) is 80.8 cm³/mol. The summed E-state index contributed by atoms with van der Waals surface area (Å²) >= 11 is 0. The van der Waals surface area contributed by atoms with Crippen molar-refractivity contribution in [1.29, 1.82) is 0 Å². The van der Waals surface area contributed by atoms with Crippen molar-refractivity contribution < 1.29 is 9.47 Å². The molecule has 1 saturated heterocycles. The van der Waals surface area contributed by atoms with Crippen LogP contribution >= 0.6 is 0 Å². The summed E-state index contributed by atoms with van der Waals surface area (Å²) in [6.45, 7) is 6.61. The van der Waals surface area contributed by atoms with E-state index in [2.05, 4.69) is 24.0 Å². The molecule has 1 aromatic carbocycles. The zero-order valence-electron chi connectivity index (χ0n) is 12.6. The molecule has 0 amide bonds. The van der Waals surface area contributed by atoms with Gasteiger partial charge in [0, 0.05) is 31.8 Å². The van der Waals surface area contributed by atoms with Gasteiger partial charge >= 0.3 is 0 Å². The molecule has 112 valence electrons. The fraction of sp³-hybridized carbons (Fsp3) is 0.625. The first kappa shape index (κ1) is 15.3. The Morgan fingerprint density at radius 2 is 2.30 bits per heavy atom. The molecule has 0 radical (unpaired) electrons. The van der Waals surface area contributed by atoms with E-state index < -0.39 is 0 Å². The maximum absolute atomic E-state index is 5.78. The minimum atomic E-state index is 0.405. The molecule has 1 heterocycles. The first-order valence-corrected chi connectivity index (χ1v) is 7.46. The van der Waals surface area contributed by atoms with E-state index in [0.717, 1.165) is 37.6 Å². The predicted octanol–water partition coefficient (Wildman–Crippen LogP) is 2.15. The SMILES string of the molecule is CCN(Cc1ccc(OC)c(CN)c1)CC1CCCO1. The van der Waals surface area contributed by atoms with Gasteiger partial charge in [-0.25, -0.2) is 0 Å². The molecule has 2 N–H and O–H groups in total. The lowest BCUT2D eigenvalue weighted by Crippen LogP contribution is -2.31. The van der Waals surface area contributed by atoms with Crippen molar-refractivity contribution >= 4 is 0 Å². The average Bonchev–Trinajstić information content (AvgIpc) is 2.99. The zero-order chi connectivity index (χ0) is 14.4. The number of likely N-dealkylation sites (N-methyl/N-ethyl adjacent to an activating group) is 1. The van der Waals surface area contributed by atoms with Gasteiger partial charge in [0.25, 0.3) is 0 Å². The highest BCUT2D eigenvalue weighted by Crippen LogP contribution is 2.21. The second kappa shape index (κ2) is 7.62. The quantitative estimate of drug-likeness (QED) is 0.830. The summed E-state index contributed by atoms with van der Waals surface area (Å²) < 4.78 is 11.0. The Morgan fingerprint density at radius 1 is 1.45 bits per heavy atom. The van der Waals surface area contributed by atoms with E-state index in [0.29, 0.717) is 12.6 Å². The number of hydrogen-bond acceptors (Lipinski definition) is 4. The highest BCUT2D eigenvalue weighted by molar-refractivity contribution is 5.37. The summed E-state index contributed by atoms with van der Waals surface area (Å²) in [5.74, 6) is 0.874. The smallest absolute Gasteiger partial charge is 0.123 e. The fourth-order valence-corrected chi connectivity index (χ4v) is 2.73. The molecule has 1 aliphatic rings. The molecule has 0 bridgehead atoms. The van der Waals surface area contributed by atoms with Crippen LogP contribution in [-0.2, 0) is 17.8 Å². The molecular weight excluding hydrogens is 252 g/mol. The Hall–Kier alpha value is -1.10. The third-order valence-corrected chi connectivity index (χ3v) is 3.90. The van der Waals surface area contributed by atoms with Crippen molar-refractivity contribution in [2.75, 3.05) is 26.8 Å². The lowest BCUT2D eigenvalue weighted by molar-refractivity contribution is 0.0725. The molecule has 1 aliphatic heterocycles. The van der Waals surface area contributed by atoms with E-state index in [1.807, 2.05) is 6.07 Å². The summed E-state index contributed by atoms with van der Waals surface area (Å²) in [5, 5.41) is 0.